The number of piperidine rings is 1. The second-order valence-electron chi connectivity index (χ2n) is 7.80. The van der Waals surface area contributed by atoms with Crippen molar-refractivity contribution in [1.29, 1.82) is 0 Å². The van der Waals surface area contributed by atoms with Gasteiger partial charge in [0.2, 0.25) is 5.91 Å². The molecule has 0 aromatic heterocycles. The van der Waals surface area contributed by atoms with Gasteiger partial charge in [-0.1, -0.05) is 25.7 Å². The number of fused-ring (bicyclic) bond motifs is 1. The number of amides is 1. The number of hydrogen-bond acceptors (Lipinski definition) is 4. The highest BCUT2D eigenvalue weighted by molar-refractivity contribution is 7.92. The van der Waals surface area contributed by atoms with E-state index in [1.807, 2.05) is 0 Å². The highest BCUT2D eigenvalue weighted by Crippen LogP contribution is 2.40. The van der Waals surface area contributed by atoms with Crippen LogP contribution in [0.5, 0.6) is 0 Å². The van der Waals surface area contributed by atoms with Gasteiger partial charge in [-0.05, 0) is 57.0 Å². The summed E-state index contributed by atoms with van der Waals surface area (Å²) >= 11 is 0. The second-order valence-corrected chi connectivity index (χ2v) is 10.1. The lowest BCUT2D eigenvalue weighted by Gasteiger charge is -2.41. The SMILES string of the molecule is CS(=O)(=O)C1(C(=O)NC2CCC3CCCCC3C2)CCNCC1. The molecule has 0 aromatic carbocycles. The van der Waals surface area contributed by atoms with Crippen LogP contribution >= 0.6 is 0 Å². The fourth-order valence-corrected chi connectivity index (χ4v) is 6.26. The lowest BCUT2D eigenvalue weighted by atomic mass is 9.69. The molecule has 3 aliphatic rings. The Hall–Kier alpha value is -0.620. The van der Waals surface area contributed by atoms with Crippen molar-refractivity contribution < 1.29 is 13.2 Å². The first kappa shape index (κ1) is 17.2. The molecular formula is C17H30N2O3S. The van der Waals surface area contributed by atoms with Crippen molar-refractivity contribution >= 4 is 15.7 Å². The van der Waals surface area contributed by atoms with E-state index in [0.29, 0.717) is 25.9 Å². The molecule has 0 bridgehead atoms. The summed E-state index contributed by atoms with van der Waals surface area (Å²) in [6.07, 6.45) is 10.5. The van der Waals surface area contributed by atoms with Crippen LogP contribution in [0.15, 0.2) is 0 Å². The van der Waals surface area contributed by atoms with Crippen LogP contribution in [0.2, 0.25) is 0 Å². The second kappa shape index (κ2) is 6.71. The first-order chi connectivity index (χ1) is 10.9. The van der Waals surface area contributed by atoms with Crippen molar-refractivity contribution in [2.75, 3.05) is 19.3 Å². The maximum Gasteiger partial charge on any atom is 0.241 e. The topological polar surface area (TPSA) is 75.3 Å². The van der Waals surface area contributed by atoms with Crippen LogP contribution < -0.4 is 10.6 Å². The molecule has 3 rings (SSSR count). The van der Waals surface area contributed by atoms with Gasteiger partial charge in [0.15, 0.2) is 14.6 Å². The Morgan fingerprint density at radius 3 is 2.35 bits per heavy atom. The van der Waals surface area contributed by atoms with Gasteiger partial charge in [-0.3, -0.25) is 4.79 Å². The first-order valence-corrected chi connectivity index (χ1v) is 11.0. The number of sulfone groups is 1. The molecule has 6 heteroatoms. The van der Waals surface area contributed by atoms with Crippen molar-refractivity contribution in [3.63, 3.8) is 0 Å². The van der Waals surface area contributed by atoms with Crippen LogP contribution in [0.1, 0.15) is 57.8 Å². The van der Waals surface area contributed by atoms with Crippen molar-refractivity contribution in [2.45, 2.75) is 68.6 Å². The molecule has 132 valence electrons. The van der Waals surface area contributed by atoms with E-state index in [4.69, 9.17) is 0 Å². The van der Waals surface area contributed by atoms with Gasteiger partial charge in [0.1, 0.15) is 0 Å². The smallest absolute Gasteiger partial charge is 0.241 e. The molecule has 2 N–H and O–H groups in total. The summed E-state index contributed by atoms with van der Waals surface area (Å²) in [5.74, 6) is 1.31. The third kappa shape index (κ3) is 3.43. The molecule has 2 aliphatic carbocycles. The average molecular weight is 343 g/mol. The van der Waals surface area contributed by atoms with E-state index in [1.165, 1.54) is 38.4 Å². The molecule has 0 spiro atoms. The van der Waals surface area contributed by atoms with Crippen LogP contribution in [-0.2, 0) is 14.6 Å². The van der Waals surface area contributed by atoms with Crippen LogP contribution in [0, 0.1) is 11.8 Å². The summed E-state index contributed by atoms with van der Waals surface area (Å²) in [4.78, 5) is 12.9. The average Bonchev–Trinajstić information content (AvgIpc) is 2.54. The van der Waals surface area contributed by atoms with Crippen LogP contribution in [-0.4, -0.2) is 44.5 Å². The highest BCUT2D eigenvalue weighted by atomic mass is 32.2. The Balaban J connectivity index is 1.67. The zero-order valence-electron chi connectivity index (χ0n) is 14.1. The van der Waals surface area contributed by atoms with Crippen molar-refractivity contribution in [2.24, 2.45) is 11.8 Å². The van der Waals surface area contributed by atoms with Crippen molar-refractivity contribution in [1.82, 2.24) is 10.6 Å². The zero-order chi connectivity index (χ0) is 16.5. The lowest BCUT2D eigenvalue weighted by molar-refractivity contribution is -0.125. The number of nitrogens with one attached hydrogen (secondary N) is 2. The Kier molecular flexibility index (Phi) is 5.02. The van der Waals surface area contributed by atoms with Crippen LogP contribution in [0.4, 0.5) is 0 Å². The van der Waals surface area contributed by atoms with E-state index in [1.54, 1.807) is 0 Å². The molecule has 3 unspecified atom stereocenters. The zero-order valence-corrected chi connectivity index (χ0v) is 15.0. The summed E-state index contributed by atoms with van der Waals surface area (Å²) in [6, 6.07) is 0.162. The molecule has 1 saturated heterocycles. The van der Waals surface area contributed by atoms with Crippen LogP contribution in [0.3, 0.4) is 0 Å². The maximum atomic E-state index is 12.9. The summed E-state index contributed by atoms with van der Waals surface area (Å²) in [6.45, 7) is 1.19. The van der Waals surface area contributed by atoms with Gasteiger partial charge in [0, 0.05) is 12.3 Å². The molecular weight excluding hydrogens is 312 g/mol. The third-order valence-electron chi connectivity index (χ3n) is 6.41. The minimum absolute atomic E-state index is 0.162. The molecule has 2 saturated carbocycles. The van der Waals surface area contributed by atoms with E-state index in [-0.39, 0.29) is 11.9 Å². The Labute approximate surface area is 139 Å². The molecule has 5 nitrogen and oxygen atoms in total. The largest absolute Gasteiger partial charge is 0.352 e. The molecule has 0 aromatic rings. The third-order valence-corrected chi connectivity index (χ3v) is 8.42. The van der Waals surface area contributed by atoms with Crippen LogP contribution in [0.25, 0.3) is 0 Å². The van der Waals surface area contributed by atoms with E-state index in [9.17, 15) is 13.2 Å². The van der Waals surface area contributed by atoms with Gasteiger partial charge >= 0.3 is 0 Å². The first-order valence-electron chi connectivity index (χ1n) is 9.14. The van der Waals surface area contributed by atoms with Crippen molar-refractivity contribution in [3.05, 3.63) is 0 Å². The Morgan fingerprint density at radius 2 is 1.70 bits per heavy atom. The summed E-state index contributed by atoms with van der Waals surface area (Å²) < 4.78 is 23.4. The van der Waals surface area contributed by atoms with Gasteiger partial charge in [0.25, 0.3) is 0 Å². The summed E-state index contributed by atoms with van der Waals surface area (Å²) in [5.41, 5.74) is 0. The van der Waals surface area contributed by atoms with Gasteiger partial charge in [-0.2, -0.15) is 0 Å². The Morgan fingerprint density at radius 1 is 1.04 bits per heavy atom. The highest BCUT2D eigenvalue weighted by Gasteiger charge is 2.49. The number of carbonyl (C=O) groups excluding carboxylic acids is 1. The van der Waals surface area contributed by atoms with Gasteiger partial charge in [-0.25, -0.2) is 8.42 Å². The van der Waals surface area contributed by atoms with Crippen molar-refractivity contribution in [3.8, 4) is 0 Å². The minimum atomic E-state index is -3.41. The summed E-state index contributed by atoms with van der Waals surface area (Å²) in [5, 5.41) is 6.29. The molecule has 3 atom stereocenters. The van der Waals surface area contributed by atoms with Gasteiger partial charge in [0.05, 0.1) is 0 Å². The van der Waals surface area contributed by atoms with E-state index in [0.717, 1.165) is 24.7 Å². The number of carbonyl (C=O) groups is 1. The predicted molar refractivity (Wildman–Crippen MR) is 90.9 cm³/mol. The fourth-order valence-electron chi connectivity index (χ4n) is 4.92. The quantitative estimate of drug-likeness (QED) is 0.817. The predicted octanol–water partition coefficient (Wildman–Crippen LogP) is 1.63. The molecule has 3 fully saturated rings. The standard InChI is InChI=1S/C17H30N2O3S/c1-23(21,22)17(8-10-18-11-9-17)16(20)19-15-7-6-13-4-2-3-5-14(13)12-15/h13-15,18H,2-12H2,1H3,(H,19,20). The number of hydrogen-bond donors (Lipinski definition) is 2. The monoisotopic (exact) mass is 342 g/mol. The molecule has 1 amide bonds. The molecule has 0 radical (unpaired) electrons. The lowest BCUT2D eigenvalue weighted by Crippen LogP contribution is -2.59. The summed E-state index contributed by atoms with van der Waals surface area (Å²) in [7, 11) is -3.41. The van der Waals surface area contributed by atoms with E-state index in [2.05, 4.69) is 10.6 Å². The fraction of sp³-hybridized carbons (Fsp3) is 0.941. The molecule has 1 heterocycles. The molecule has 23 heavy (non-hydrogen) atoms. The van der Waals surface area contributed by atoms with Gasteiger partial charge < -0.3 is 10.6 Å². The van der Waals surface area contributed by atoms with E-state index >= 15 is 0 Å². The maximum absolute atomic E-state index is 12.9. The Bertz CT molecular complexity index is 540. The van der Waals surface area contributed by atoms with E-state index < -0.39 is 14.6 Å². The minimum Gasteiger partial charge on any atom is -0.352 e. The molecule has 1 aliphatic heterocycles. The van der Waals surface area contributed by atoms with Gasteiger partial charge in [-0.15, -0.1) is 0 Å². The number of rotatable bonds is 3. The normalized spacial score (nSPS) is 34.4.